The van der Waals surface area contributed by atoms with E-state index in [0.29, 0.717) is 11.7 Å². The summed E-state index contributed by atoms with van der Waals surface area (Å²) >= 11 is 1.75. The van der Waals surface area contributed by atoms with E-state index in [1.807, 2.05) is 13.8 Å². The van der Waals surface area contributed by atoms with E-state index in [9.17, 15) is 9.59 Å². The molecule has 3 nitrogen and oxygen atoms in total. The molecule has 116 valence electrons. The number of amides is 2. The fraction of sp³-hybridized carbons (Fsp3) is 0.875. The zero-order valence-electron chi connectivity index (χ0n) is 13.4. The highest BCUT2D eigenvalue weighted by atomic mass is 32.2. The molecule has 1 fully saturated rings. The highest BCUT2D eigenvalue weighted by Gasteiger charge is 2.41. The summed E-state index contributed by atoms with van der Waals surface area (Å²) in [5.41, 5.74) is 0. The first-order valence-electron chi connectivity index (χ1n) is 8.02. The molecule has 0 N–H and O–H groups in total. The Morgan fingerprint density at radius 1 is 1.15 bits per heavy atom. The fourth-order valence-electron chi connectivity index (χ4n) is 2.73. The van der Waals surface area contributed by atoms with E-state index in [1.54, 1.807) is 11.8 Å². The van der Waals surface area contributed by atoms with Crippen LogP contribution in [0, 0.1) is 0 Å². The number of unbranched alkanes of at least 4 members (excludes halogenated alkanes) is 2. The van der Waals surface area contributed by atoms with Gasteiger partial charge in [0.25, 0.3) is 0 Å². The van der Waals surface area contributed by atoms with E-state index >= 15 is 0 Å². The molecule has 0 aromatic heterocycles. The molecule has 0 spiro atoms. The lowest BCUT2D eigenvalue weighted by Gasteiger charge is -2.21. The highest BCUT2D eigenvalue weighted by Crippen LogP contribution is 2.33. The van der Waals surface area contributed by atoms with E-state index in [0.717, 1.165) is 12.8 Å². The van der Waals surface area contributed by atoms with Crippen molar-refractivity contribution in [3.8, 4) is 0 Å². The molecule has 1 rings (SSSR count). The maximum atomic E-state index is 12.3. The molecule has 0 aliphatic carbocycles. The van der Waals surface area contributed by atoms with Gasteiger partial charge in [0.2, 0.25) is 11.8 Å². The Hall–Kier alpha value is -0.510. The summed E-state index contributed by atoms with van der Waals surface area (Å²) < 4.78 is 0. The Kier molecular flexibility index (Phi) is 7.63. The van der Waals surface area contributed by atoms with Gasteiger partial charge in [-0.3, -0.25) is 14.5 Å². The van der Waals surface area contributed by atoms with Crippen molar-refractivity contribution >= 4 is 23.6 Å². The number of hydrogen-bond donors (Lipinski definition) is 0. The van der Waals surface area contributed by atoms with Crippen LogP contribution in [0.3, 0.4) is 0 Å². The number of hydrogen-bond acceptors (Lipinski definition) is 3. The summed E-state index contributed by atoms with van der Waals surface area (Å²) in [7, 11) is 0. The van der Waals surface area contributed by atoms with Crippen LogP contribution >= 0.6 is 11.8 Å². The van der Waals surface area contributed by atoms with Gasteiger partial charge in [-0.2, -0.15) is 0 Å². The van der Waals surface area contributed by atoms with Gasteiger partial charge in [0.05, 0.1) is 5.25 Å². The predicted octanol–water partition coefficient (Wildman–Crippen LogP) is 4.00. The summed E-state index contributed by atoms with van der Waals surface area (Å²) in [6.45, 7) is 8.22. The lowest BCUT2D eigenvalue weighted by atomic mass is 10.1. The number of rotatable bonds is 9. The highest BCUT2D eigenvalue weighted by molar-refractivity contribution is 8.01. The zero-order chi connectivity index (χ0) is 15.1. The Morgan fingerprint density at radius 3 is 2.35 bits per heavy atom. The number of likely N-dealkylation sites (tertiary alicyclic amines) is 1. The summed E-state index contributed by atoms with van der Waals surface area (Å²) in [5.74, 6) is 0.0397. The van der Waals surface area contributed by atoms with Crippen LogP contribution in [0.4, 0.5) is 0 Å². The molecule has 1 saturated heterocycles. The first kappa shape index (κ1) is 17.5. The second-order valence-electron chi connectivity index (χ2n) is 5.93. The van der Waals surface area contributed by atoms with Crippen molar-refractivity contribution < 1.29 is 9.59 Å². The molecule has 0 aromatic carbocycles. The van der Waals surface area contributed by atoms with Crippen molar-refractivity contribution in [3.63, 3.8) is 0 Å². The average Bonchev–Trinajstić information content (AvgIpc) is 2.64. The van der Waals surface area contributed by atoms with Crippen LogP contribution in [0.15, 0.2) is 0 Å². The van der Waals surface area contributed by atoms with E-state index in [2.05, 4.69) is 13.8 Å². The topological polar surface area (TPSA) is 37.4 Å². The van der Waals surface area contributed by atoms with Crippen molar-refractivity contribution in [1.82, 2.24) is 4.90 Å². The normalized spacial score (nSPS) is 21.1. The first-order chi connectivity index (χ1) is 9.51. The molecule has 0 saturated carbocycles. The number of carbonyl (C=O) groups is 2. The molecule has 1 heterocycles. The fourth-order valence-corrected chi connectivity index (χ4v) is 4.34. The minimum atomic E-state index is -0.136. The third-order valence-corrected chi connectivity index (χ3v) is 5.31. The van der Waals surface area contributed by atoms with Gasteiger partial charge in [-0.25, -0.2) is 0 Å². The summed E-state index contributed by atoms with van der Waals surface area (Å²) in [5, 5.41) is 0.392. The van der Waals surface area contributed by atoms with Crippen molar-refractivity contribution in [3.05, 3.63) is 0 Å². The molecular weight excluding hydrogens is 270 g/mol. The third kappa shape index (κ3) is 4.80. The van der Waals surface area contributed by atoms with Gasteiger partial charge in [-0.1, -0.05) is 39.5 Å². The van der Waals surface area contributed by atoms with Crippen LogP contribution in [-0.4, -0.2) is 33.3 Å². The lowest BCUT2D eigenvalue weighted by Crippen LogP contribution is -2.37. The SMILES string of the molecule is CCCCCC(CCC)SC1CC(=O)N(C(C)C)C1=O. The second kappa shape index (κ2) is 8.71. The van der Waals surface area contributed by atoms with E-state index < -0.39 is 0 Å². The maximum absolute atomic E-state index is 12.3. The van der Waals surface area contributed by atoms with Crippen LogP contribution in [0.1, 0.15) is 72.6 Å². The Bertz CT molecular complexity index is 330. The molecule has 0 bridgehead atoms. The number of imide groups is 1. The molecule has 2 atom stereocenters. The number of carbonyl (C=O) groups excluding carboxylic acids is 2. The Morgan fingerprint density at radius 2 is 1.85 bits per heavy atom. The molecule has 1 aliphatic heterocycles. The molecule has 0 radical (unpaired) electrons. The molecule has 4 heteroatoms. The van der Waals surface area contributed by atoms with Crippen LogP contribution in [-0.2, 0) is 9.59 Å². The molecular formula is C16H29NO2S. The molecule has 1 aliphatic rings. The van der Waals surface area contributed by atoms with Gasteiger partial charge < -0.3 is 0 Å². The van der Waals surface area contributed by atoms with Gasteiger partial charge in [0.15, 0.2) is 0 Å². The minimum Gasteiger partial charge on any atom is -0.279 e. The van der Waals surface area contributed by atoms with Gasteiger partial charge in [-0.05, 0) is 26.7 Å². The lowest BCUT2D eigenvalue weighted by molar-refractivity contribution is -0.140. The maximum Gasteiger partial charge on any atom is 0.243 e. The zero-order valence-corrected chi connectivity index (χ0v) is 14.2. The molecule has 2 unspecified atom stereocenters. The van der Waals surface area contributed by atoms with Gasteiger partial charge in [-0.15, -0.1) is 11.8 Å². The van der Waals surface area contributed by atoms with Crippen molar-refractivity contribution in [2.24, 2.45) is 0 Å². The molecule has 0 aromatic rings. The standard InChI is InChI=1S/C16H29NO2S/c1-5-7-8-10-13(9-6-2)20-14-11-15(18)17(12(3)4)16(14)19/h12-14H,5-11H2,1-4H3. The summed E-state index contributed by atoms with van der Waals surface area (Å²) in [6, 6.07) is -0.00897. The van der Waals surface area contributed by atoms with Crippen molar-refractivity contribution in [1.29, 1.82) is 0 Å². The number of nitrogens with zero attached hydrogens (tertiary/aromatic N) is 1. The van der Waals surface area contributed by atoms with Gasteiger partial charge >= 0.3 is 0 Å². The van der Waals surface area contributed by atoms with E-state index in [1.165, 1.54) is 30.6 Å². The van der Waals surface area contributed by atoms with Crippen LogP contribution < -0.4 is 0 Å². The van der Waals surface area contributed by atoms with Gasteiger partial charge in [0.1, 0.15) is 0 Å². The second-order valence-corrected chi connectivity index (χ2v) is 7.44. The monoisotopic (exact) mass is 299 g/mol. The van der Waals surface area contributed by atoms with Crippen molar-refractivity contribution in [2.75, 3.05) is 0 Å². The smallest absolute Gasteiger partial charge is 0.243 e. The molecule has 20 heavy (non-hydrogen) atoms. The average molecular weight is 299 g/mol. The minimum absolute atomic E-state index is 0.00584. The Balaban J connectivity index is 2.56. The molecule has 2 amide bonds. The predicted molar refractivity (Wildman–Crippen MR) is 85.8 cm³/mol. The van der Waals surface area contributed by atoms with E-state index in [4.69, 9.17) is 0 Å². The van der Waals surface area contributed by atoms with Crippen LogP contribution in [0.2, 0.25) is 0 Å². The first-order valence-corrected chi connectivity index (χ1v) is 8.96. The third-order valence-electron chi connectivity index (χ3n) is 3.75. The van der Waals surface area contributed by atoms with E-state index in [-0.39, 0.29) is 23.1 Å². The summed E-state index contributed by atoms with van der Waals surface area (Å²) in [6.07, 6.45) is 7.58. The van der Waals surface area contributed by atoms with Crippen molar-refractivity contribution in [2.45, 2.75) is 89.2 Å². The summed E-state index contributed by atoms with van der Waals surface area (Å²) in [4.78, 5) is 25.7. The quantitative estimate of drug-likeness (QED) is 0.477. The van der Waals surface area contributed by atoms with Crippen LogP contribution in [0.5, 0.6) is 0 Å². The Labute approximate surface area is 127 Å². The largest absolute Gasteiger partial charge is 0.279 e. The number of thioether (sulfide) groups is 1. The van der Waals surface area contributed by atoms with Gasteiger partial charge in [0, 0.05) is 17.7 Å². The van der Waals surface area contributed by atoms with Crippen LogP contribution in [0.25, 0.3) is 0 Å².